The summed E-state index contributed by atoms with van der Waals surface area (Å²) in [6.45, 7) is 13.0. The molecule has 4 nitrogen and oxygen atoms in total. The standard InChI is InChI=1S/C29H26NO.C16H17GeN2.Ir/c1-17(2)24-15-26(30-16-19(24)4)23-13-9-12-22-25-14-18(3)27(21-10-7-6-8-11-21)20(5)28(25)31-29(22)23;1-12-9-16(19-11-15(12)17(2,3)4)14-7-5-13(10-18)6-8-14;/h6-12,14-17H,1-5H3;5-7,9,11H,1-4H3;/q2*-1;. The Hall–Kier alpha value is -4.34. The maximum atomic E-state index is 8.79. The fraction of sp³-hybridized carbons (Fsp3) is 0.222. The van der Waals surface area contributed by atoms with Gasteiger partial charge in [0.1, 0.15) is 5.58 Å². The fourth-order valence-electron chi connectivity index (χ4n) is 6.88. The zero-order valence-corrected chi connectivity index (χ0v) is 35.3. The molecule has 0 saturated carbocycles. The molecule has 6 heteroatoms. The van der Waals surface area contributed by atoms with Crippen molar-refractivity contribution in [1.29, 1.82) is 5.26 Å². The maximum absolute atomic E-state index is 8.79. The molecule has 0 fully saturated rings. The Kier molecular flexibility index (Phi) is 11.5. The van der Waals surface area contributed by atoms with E-state index in [1.54, 1.807) is 12.1 Å². The molecule has 0 atom stereocenters. The molecule has 7 rings (SSSR count). The van der Waals surface area contributed by atoms with Crippen molar-refractivity contribution in [2.45, 2.75) is 64.7 Å². The molecule has 0 aliphatic heterocycles. The molecule has 51 heavy (non-hydrogen) atoms. The van der Waals surface area contributed by atoms with E-state index in [9.17, 15) is 0 Å². The molecule has 4 aromatic carbocycles. The van der Waals surface area contributed by atoms with Crippen LogP contribution in [0.4, 0.5) is 0 Å². The monoisotopic (exact) mass is 908 g/mol. The Labute approximate surface area is 318 Å². The number of fused-ring (bicyclic) bond motifs is 3. The zero-order chi connectivity index (χ0) is 35.7. The number of furan rings is 1. The largest absolute Gasteiger partial charge is 0.500 e. The zero-order valence-electron chi connectivity index (χ0n) is 30.8. The van der Waals surface area contributed by atoms with Crippen LogP contribution < -0.4 is 4.40 Å². The number of nitriles is 1. The minimum absolute atomic E-state index is 0. The molecule has 3 aromatic heterocycles. The second-order valence-electron chi connectivity index (χ2n) is 14.5. The first kappa shape index (κ1) is 37.9. The van der Waals surface area contributed by atoms with Crippen LogP contribution >= 0.6 is 0 Å². The summed E-state index contributed by atoms with van der Waals surface area (Å²) in [4.78, 5) is 9.29. The molecule has 0 unspecified atom stereocenters. The van der Waals surface area contributed by atoms with Gasteiger partial charge in [0.15, 0.2) is 0 Å². The number of nitrogens with zero attached hydrogens (tertiary/aromatic N) is 3. The Morgan fingerprint density at radius 2 is 1.49 bits per heavy atom. The van der Waals surface area contributed by atoms with Crippen LogP contribution in [0.5, 0.6) is 0 Å². The molecule has 0 aliphatic rings. The van der Waals surface area contributed by atoms with Crippen molar-refractivity contribution in [3.63, 3.8) is 0 Å². The molecule has 1 radical (unpaired) electrons. The van der Waals surface area contributed by atoms with Crippen LogP contribution in [-0.2, 0) is 20.1 Å². The first-order valence-electron chi connectivity index (χ1n) is 17.2. The van der Waals surface area contributed by atoms with Gasteiger partial charge in [0.2, 0.25) is 0 Å². The summed E-state index contributed by atoms with van der Waals surface area (Å²) >= 11 is -1.83. The molecule has 0 bridgehead atoms. The van der Waals surface area contributed by atoms with Crippen LogP contribution in [-0.4, -0.2) is 23.2 Å². The number of pyridine rings is 2. The van der Waals surface area contributed by atoms with E-state index >= 15 is 0 Å². The van der Waals surface area contributed by atoms with Crippen molar-refractivity contribution in [3.05, 3.63) is 137 Å². The Morgan fingerprint density at radius 1 is 0.765 bits per heavy atom. The molecule has 0 amide bonds. The second kappa shape index (κ2) is 15.5. The van der Waals surface area contributed by atoms with E-state index in [1.165, 1.54) is 43.3 Å². The van der Waals surface area contributed by atoms with E-state index in [4.69, 9.17) is 14.7 Å². The summed E-state index contributed by atoms with van der Waals surface area (Å²) in [7, 11) is 0. The Bertz CT molecular complexity index is 2380. The van der Waals surface area contributed by atoms with Crippen molar-refractivity contribution in [3.8, 4) is 39.7 Å². The van der Waals surface area contributed by atoms with Gasteiger partial charge in [-0.05, 0) is 71.8 Å². The first-order chi connectivity index (χ1) is 23.9. The van der Waals surface area contributed by atoms with Crippen molar-refractivity contribution < 1.29 is 24.5 Å². The van der Waals surface area contributed by atoms with E-state index in [0.29, 0.717) is 11.5 Å². The summed E-state index contributed by atoms with van der Waals surface area (Å²) in [5.41, 5.74) is 14.9. The van der Waals surface area contributed by atoms with Gasteiger partial charge in [-0.25, -0.2) is 0 Å². The normalized spacial score (nSPS) is 11.2. The van der Waals surface area contributed by atoms with Crippen LogP contribution in [0.15, 0.2) is 95.7 Å². The van der Waals surface area contributed by atoms with Crippen LogP contribution in [0, 0.1) is 51.2 Å². The van der Waals surface area contributed by atoms with Gasteiger partial charge in [-0.2, -0.15) is 0 Å². The molecule has 259 valence electrons. The van der Waals surface area contributed by atoms with E-state index in [2.05, 4.69) is 137 Å². The van der Waals surface area contributed by atoms with Crippen LogP contribution in [0.2, 0.25) is 17.3 Å². The maximum Gasteiger partial charge on any atom is 0.124 e. The van der Waals surface area contributed by atoms with Crippen molar-refractivity contribution >= 4 is 39.6 Å². The third kappa shape index (κ3) is 7.80. The van der Waals surface area contributed by atoms with E-state index < -0.39 is 13.3 Å². The molecular formula is C45H43GeIrN3O-2. The number of benzene rings is 4. The third-order valence-electron chi connectivity index (χ3n) is 9.38. The Balaban J connectivity index is 0.000000218. The van der Waals surface area contributed by atoms with Crippen molar-refractivity contribution in [2.75, 3.05) is 0 Å². The SMILES string of the molecule is Cc1cc(-c2[c-]cc(C#N)cc2)nc[c]1[Ge]([CH3])([CH3])[CH3].Cc1cnc(-c2[c-]ccc3c2oc2c(C)c(-c4ccccc4)c(C)cc23)cc1C(C)C.[Ir]. The van der Waals surface area contributed by atoms with Crippen LogP contribution in [0.3, 0.4) is 0 Å². The van der Waals surface area contributed by atoms with Gasteiger partial charge in [-0.15, -0.1) is 18.2 Å². The molecule has 0 spiro atoms. The number of aromatic nitrogens is 2. The summed E-state index contributed by atoms with van der Waals surface area (Å²) in [5.74, 6) is 7.56. The van der Waals surface area contributed by atoms with Gasteiger partial charge in [-0.1, -0.05) is 61.2 Å². The topological polar surface area (TPSA) is 62.7 Å². The second-order valence-corrected chi connectivity index (χ2v) is 25.0. The smallest absolute Gasteiger partial charge is 0.124 e. The molecular weight excluding hydrogens is 863 g/mol. The predicted octanol–water partition coefficient (Wildman–Crippen LogP) is 11.4. The average Bonchev–Trinajstić information content (AvgIpc) is 3.47. The molecule has 0 aliphatic carbocycles. The summed E-state index contributed by atoms with van der Waals surface area (Å²) in [6, 6.07) is 35.2. The van der Waals surface area contributed by atoms with E-state index in [1.807, 2.05) is 24.5 Å². The predicted molar refractivity (Wildman–Crippen MR) is 210 cm³/mol. The fourth-order valence-corrected chi connectivity index (χ4v) is 10.5. The van der Waals surface area contributed by atoms with E-state index in [0.717, 1.165) is 44.5 Å². The van der Waals surface area contributed by atoms with Crippen molar-refractivity contribution in [2.24, 2.45) is 0 Å². The summed E-state index contributed by atoms with van der Waals surface area (Å²) in [5, 5.41) is 11.1. The molecule has 3 heterocycles. The van der Waals surface area contributed by atoms with Crippen molar-refractivity contribution in [1.82, 2.24) is 9.97 Å². The van der Waals surface area contributed by atoms with Gasteiger partial charge in [0, 0.05) is 31.7 Å². The number of aryl methyl sites for hydroxylation is 4. The quantitative estimate of drug-likeness (QED) is 0.128. The van der Waals surface area contributed by atoms with Gasteiger partial charge in [-0.3, -0.25) is 0 Å². The van der Waals surface area contributed by atoms with Gasteiger partial charge < -0.3 is 9.40 Å². The molecule has 0 saturated heterocycles. The van der Waals surface area contributed by atoms with Crippen LogP contribution in [0.1, 0.15) is 53.1 Å². The number of hydrogen-bond donors (Lipinski definition) is 0. The average molecular weight is 907 g/mol. The van der Waals surface area contributed by atoms with Crippen LogP contribution in [0.25, 0.3) is 55.6 Å². The van der Waals surface area contributed by atoms with E-state index in [-0.39, 0.29) is 20.1 Å². The Morgan fingerprint density at radius 3 is 2.12 bits per heavy atom. The number of hydrogen-bond acceptors (Lipinski definition) is 4. The summed E-state index contributed by atoms with van der Waals surface area (Å²) < 4.78 is 7.99. The molecule has 7 aromatic rings. The first-order valence-corrected chi connectivity index (χ1v) is 24.5. The third-order valence-corrected chi connectivity index (χ3v) is 13.9. The summed E-state index contributed by atoms with van der Waals surface area (Å²) in [6.07, 6.45) is 3.99. The van der Waals surface area contributed by atoms with Gasteiger partial charge in [0.25, 0.3) is 0 Å². The van der Waals surface area contributed by atoms with Gasteiger partial charge in [0.05, 0.1) is 5.58 Å². The number of rotatable bonds is 5. The minimum Gasteiger partial charge on any atom is -0.500 e. The molecule has 0 N–H and O–H groups in total. The van der Waals surface area contributed by atoms with Gasteiger partial charge >= 0.3 is 117 Å². The minimum atomic E-state index is -1.83.